The molecule has 0 fully saturated rings. The lowest BCUT2D eigenvalue weighted by Crippen LogP contribution is -2.16. The van der Waals surface area contributed by atoms with Gasteiger partial charge in [0.25, 0.3) is 0 Å². The Morgan fingerprint density at radius 1 is 1.71 bits per heavy atom. The molecule has 6 heteroatoms. The first-order valence-electron chi connectivity index (χ1n) is 4.53. The van der Waals surface area contributed by atoms with Crippen molar-refractivity contribution in [3.8, 4) is 0 Å². The number of alkyl halides is 1. The van der Waals surface area contributed by atoms with Crippen molar-refractivity contribution in [1.29, 1.82) is 0 Å². The Balaban J connectivity index is 2.62. The van der Waals surface area contributed by atoms with E-state index in [1.165, 1.54) is 0 Å². The first-order valence-corrected chi connectivity index (χ1v) is 6.05. The fraction of sp³-hybridized carbons (Fsp3) is 0.750. The van der Waals surface area contributed by atoms with Crippen LogP contribution in [0, 0.1) is 5.92 Å². The van der Waals surface area contributed by atoms with Crippen molar-refractivity contribution < 1.29 is 0 Å². The van der Waals surface area contributed by atoms with Gasteiger partial charge in [0.15, 0.2) is 5.16 Å². The standard InChI is InChI=1S/C8H14ClN3OS/c1-3-12-7(13)10-11-8(12)14-5-6(2)4-9/h6H,3-5H2,1-2H3,(H,10,13). The van der Waals surface area contributed by atoms with Gasteiger partial charge in [-0.1, -0.05) is 18.7 Å². The zero-order valence-corrected chi connectivity index (χ0v) is 9.86. The second kappa shape index (κ2) is 5.46. The molecule has 0 bridgehead atoms. The van der Waals surface area contributed by atoms with Gasteiger partial charge >= 0.3 is 5.69 Å². The average Bonchev–Trinajstić information content (AvgIpc) is 2.55. The maximum Gasteiger partial charge on any atom is 0.343 e. The van der Waals surface area contributed by atoms with Gasteiger partial charge in [-0.2, -0.15) is 0 Å². The van der Waals surface area contributed by atoms with Gasteiger partial charge in [0, 0.05) is 18.2 Å². The number of thioether (sulfide) groups is 1. The molecule has 0 amide bonds. The molecule has 0 saturated heterocycles. The van der Waals surface area contributed by atoms with E-state index in [2.05, 4.69) is 17.1 Å². The van der Waals surface area contributed by atoms with E-state index in [1.807, 2.05) is 6.92 Å². The van der Waals surface area contributed by atoms with Crippen molar-refractivity contribution in [3.63, 3.8) is 0 Å². The smallest absolute Gasteiger partial charge is 0.270 e. The third kappa shape index (κ3) is 2.78. The highest BCUT2D eigenvalue weighted by atomic mass is 35.5. The van der Waals surface area contributed by atoms with Crippen LogP contribution in [-0.4, -0.2) is 26.4 Å². The maximum atomic E-state index is 11.2. The maximum absolute atomic E-state index is 11.2. The molecule has 1 aromatic heterocycles. The summed E-state index contributed by atoms with van der Waals surface area (Å²) in [6, 6.07) is 0. The Bertz CT molecular complexity index is 336. The van der Waals surface area contributed by atoms with Crippen LogP contribution in [0.15, 0.2) is 9.95 Å². The normalized spacial score (nSPS) is 13.1. The van der Waals surface area contributed by atoms with Gasteiger partial charge in [-0.25, -0.2) is 9.89 Å². The van der Waals surface area contributed by atoms with Crippen molar-refractivity contribution in [1.82, 2.24) is 14.8 Å². The molecule has 1 unspecified atom stereocenters. The van der Waals surface area contributed by atoms with Crippen LogP contribution < -0.4 is 5.69 Å². The third-order valence-electron chi connectivity index (χ3n) is 1.80. The van der Waals surface area contributed by atoms with E-state index >= 15 is 0 Å². The first kappa shape index (κ1) is 11.7. The molecular weight excluding hydrogens is 222 g/mol. The highest BCUT2D eigenvalue weighted by Crippen LogP contribution is 2.17. The van der Waals surface area contributed by atoms with Crippen LogP contribution >= 0.6 is 23.4 Å². The number of hydrogen-bond acceptors (Lipinski definition) is 3. The molecule has 1 rings (SSSR count). The molecule has 1 heterocycles. The fourth-order valence-electron chi connectivity index (χ4n) is 0.954. The van der Waals surface area contributed by atoms with E-state index in [0.29, 0.717) is 18.3 Å². The first-order chi connectivity index (χ1) is 6.69. The third-order valence-corrected chi connectivity index (χ3v) is 3.63. The highest BCUT2D eigenvalue weighted by Gasteiger charge is 2.08. The lowest BCUT2D eigenvalue weighted by Gasteiger charge is -2.05. The topological polar surface area (TPSA) is 50.7 Å². The Labute approximate surface area is 92.0 Å². The number of nitrogens with one attached hydrogen (secondary N) is 1. The van der Waals surface area contributed by atoms with Crippen LogP contribution in [0.2, 0.25) is 0 Å². The summed E-state index contributed by atoms with van der Waals surface area (Å²) in [5.41, 5.74) is -0.145. The zero-order chi connectivity index (χ0) is 10.6. The average molecular weight is 236 g/mol. The van der Waals surface area contributed by atoms with Crippen LogP contribution in [-0.2, 0) is 6.54 Å². The van der Waals surface area contributed by atoms with Crippen molar-refractivity contribution >= 4 is 23.4 Å². The Morgan fingerprint density at radius 3 is 3.00 bits per heavy atom. The second-order valence-electron chi connectivity index (χ2n) is 3.13. The molecule has 0 radical (unpaired) electrons. The minimum atomic E-state index is -0.145. The minimum Gasteiger partial charge on any atom is -0.270 e. The van der Waals surface area contributed by atoms with E-state index < -0.39 is 0 Å². The monoisotopic (exact) mass is 235 g/mol. The van der Waals surface area contributed by atoms with Crippen molar-refractivity contribution in [2.45, 2.75) is 25.5 Å². The van der Waals surface area contributed by atoms with Gasteiger partial charge in [0.05, 0.1) is 0 Å². The summed E-state index contributed by atoms with van der Waals surface area (Å²) >= 11 is 7.25. The molecule has 0 aliphatic carbocycles. The lowest BCUT2D eigenvalue weighted by molar-refractivity contribution is 0.657. The van der Waals surface area contributed by atoms with Crippen LogP contribution in [0.1, 0.15) is 13.8 Å². The Hall–Kier alpha value is -0.420. The number of nitrogens with zero attached hydrogens (tertiary/aromatic N) is 2. The molecule has 0 saturated carbocycles. The number of aromatic amines is 1. The predicted molar refractivity (Wildman–Crippen MR) is 59.1 cm³/mol. The molecule has 80 valence electrons. The van der Waals surface area contributed by atoms with Crippen molar-refractivity contribution in [3.05, 3.63) is 10.5 Å². The SMILES string of the molecule is CCn1c(SCC(C)CCl)n[nH]c1=O. The molecule has 0 spiro atoms. The van der Waals surface area contributed by atoms with Crippen LogP contribution in [0.3, 0.4) is 0 Å². The summed E-state index contributed by atoms with van der Waals surface area (Å²) in [5, 5.41) is 7.12. The molecule has 0 aromatic carbocycles. The van der Waals surface area contributed by atoms with Crippen molar-refractivity contribution in [2.75, 3.05) is 11.6 Å². The fourth-order valence-corrected chi connectivity index (χ4v) is 2.22. The molecule has 0 aliphatic heterocycles. The summed E-state index contributed by atoms with van der Waals surface area (Å²) in [6.45, 7) is 4.64. The summed E-state index contributed by atoms with van der Waals surface area (Å²) in [7, 11) is 0. The molecule has 1 aromatic rings. The Morgan fingerprint density at radius 2 is 2.43 bits per heavy atom. The van der Waals surface area contributed by atoms with Gasteiger partial charge in [0.1, 0.15) is 0 Å². The molecule has 14 heavy (non-hydrogen) atoms. The van der Waals surface area contributed by atoms with E-state index in [4.69, 9.17) is 11.6 Å². The van der Waals surface area contributed by atoms with Gasteiger partial charge in [-0.05, 0) is 12.8 Å². The summed E-state index contributed by atoms with van der Waals surface area (Å²) < 4.78 is 1.62. The zero-order valence-electron chi connectivity index (χ0n) is 8.29. The second-order valence-corrected chi connectivity index (χ2v) is 4.42. The highest BCUT2D eigenvalue weighted by molar-refractivity contribution is 7.99. The number of aromatic nitrogens is 3. The number of hydrogen-bond donors (Lipinski definition) is 1. The minimum absolute atomic E-state index is 0.145. The van der Waals surface area contributed by atoms with Crippen LogP contribution in [0.4, 0.5) is 0 Å². The van der Waals surface area contributed by atoms with Gasteiger partial charge in [0.2, 0.25) is 0 Å². The lowest BCUT2D eigenvalue weighted by atomic mass is 10.3. The van der Waals surface area contributed by atoms with E-state index in [1.54, 1.807) is 16.3 Å². The molecular formula is C8H14ClN3OS. The van der Waals surface area contributed by atoms with E-state index in [0.717, 1.165) is 10.9 Å². The molecule has 4 nitrogen and oxygen atoms in total. The number of H-pyrrole nitrogens is 1. The van der Waals surface area contributed by atoms with E-state index in [-0.39, 0.29) is 5.69 Å². The largest absolute Gasteiger partial charge is 0.343 e. The van der Waals surface area contributed by atoms with Gasteiger partial charge in [-0.3, -0.25) is 4.57 Å². The summed E-state index contributed by atoms with van der Waals surface area (Å²) in [5.74, 6) is 1.94. The summed E-state index contributed by atoms with van der Waals surface area (Å²) in [4.78, 5) is 11.2. The van der Waals surface area contributed by atoms with Crippen LogP contribution in [0.25, 0.3) is 0 Å². The molecule has 1 atom stereocenters. The number of halogens is 1. The summed E-state index contributed by atoms with van der Waals surface area (Å²) in [6.07, 6.45) is 0. The molecule has 0 aliphatic rings. The quantitative estimate of drug-likeness (QED) is 0.623. The Kier molecular flexibility index (Phi) is 4.54. The van der Waals surface area contributed by atoms with Crippen molar-refractivity contribution in [2.24, 2.45) is 5.92 Å². The predicted octanol–water partition coefficient (Wildman–Crippen LogP) is 1.56. The van der Waals surface area contributed by atoms with E-state index in [9.17, 15) is 4.79 Å². The van der Waals surface area contributed by atoms with Gasteiger partial charge in [-0.15, -0.1) is 16.7 Å². The van der Waals surface area contributed by atoms with Crippen LogP contribution in [0.5, 0.6) is 0 Å². The number of rotatable bonds is 5. The van der Waals surface area contributed by atoms with Gasteiger partial charge < -0.3 is 0 Å². The molecule has 1 N–H and O–H groups in total.